The lowest BCUT2D eigenvalue weighted by Gasteiger charge is -2.37. The molecule has 1 aromatic carbocycles. The summed E-state index contributed by atoms with van der Waals surface area (Å²) >= 11 is 0. The molecule has 2 atom stereocenters. The summed E-state index contributed by atoms with van der Waals surface area (Å²) in [6.45, 7) is 7.87. The summed E-state index contributed by atoms with van der Waals surface area (Å²) in [5.74, 6) is 0.888. The number of quaternary nitrogens is 2. The highest BCUT2D eigenvalue weighted by molar-refractivity contribution is 5.39. The van der Waals surface area contributed by atoms with E-state index in [1.165, 1.54) is 43.7 Å². The second kappa shape index (κ2) is 7.41. The van der Waals surface area contributed by atoms with Crippen molar-refractivity contribution in [3.05, 3.63) is 39.9 Å². The Hall–Kier alpha value is -1.46. The smallest absolute Gasteiger partial charge is 0.278 e. The molecule has 1 saturated heterocycles. The second-order valence-electron chi connectivity index (χ2n) is 7.44. The van der Waals surface area contributed by atoms with Gasteiger partial charge in [-0.25, -0.2) is 0 Å². The molecule has 1 heterocycles. The van der Waals surface area contributed by atoms with Crippen molar-refractivity contribution in [3.8, 4) is 0 Å². The highest BCUT2D eigenvalue weighted by atomic mass is 16.6. The largest absolute Gasteiger partial charge is 0.323 e. The summed E-state index contributed by atoms with van der Waals surface area (Å²) in [5.41, 5.74) is 1.15. The van der Waals surface area contributed by atoms with Gasteiger partial charge < -0.3 is 9.80 Å². The van der Waals surface area contributed by atoms with E-state index in [0.717, 1.165) is 37.2 Å². The van der Waals surface area contributed by atoms with Gasteiger partial charge in [0.05, 0.1) is 16.5 Å². The van der Waals surface area contributed by atoms with E-state index in [2.05, 4.69) is 6.92 Å². The van der Waals surface area contributed by atoms with Crippen LogP contribution in [0.5, 0.6) is 0 Å². The van der Waals surface area contributed by atoms with Crippen LogP contribution in [-0.2, 0) is 6.54 Å². The Morgan fingerprint density at radius 2 is 1.91 bits per heavy atom. The molecule has 5 heteroatoms. The van der Waals surface area contributed by atoms with Crippen LogP contribution in [0, 0.1) is 16.0 Å². The third kappa shape index (κ3) is 4.09. The number of rotatable bonds is 4. The van der Waals surface area contributed by atoms with Crippen LogP contribution in [0.25, 0.3) is 0 Å². The van der Waals surface area contributed by atoms with Crippen LogP contribution >= 0.6 is 0 Å². The van der Waals surface area contributed by atoms with E-state index in [4.69, 9.17) is 0 Å². The third-order valence-electron chi connectivity index (χ3n) is 5.74. The number of hydrogen-bond acceptors (Lipinski definition) is 2. The first-order chi connectivity index (χ1) is 11.1. The van der Waals surface area contributed by atoms with Crippen molar-refractivity contribution in [2.45, 2.75) is 45.2 Å². The summed E-state index contributed by atoms with van der Waals surface area (Å²) in [5, 5.41) is 11.1. The van der Waals surface area contributed by atoms with Crippen molar-refractivity contribution in [3.63, 3.8) is 0 Å². The Kier molecular flexibility index (Phi) is 5.28. The molecule has 5 nitrogen and oxygen atoms in total. The van der Waals surface area contributed by atoms with Crippen LogP contribution in [0.1, 0.15) is 38.2 Å². The topological polar surface area (TPSA) is 52.0 Å². The molecule has 0 unspecified atom stereocenters. The van der Waals surface area contributed by atoms with Gasteiger partial charge in [-0.3, -0.25) is 10.1 Å². The maximum atomic E-state index is 11.1. The highest BCUT2D eigenvalue weighted by Crippen LogP contribution is 2.22. The Morgan fingerprint density at radius 3 is 2.61 bits per heavy atom. The first kappa shape index (κ1) is 16.4. The highest BCUT2D eigenvalue weighted by Gasteiger charge is 2.32. The summed E-state index contributed by atoms with van der Waals surface area (Å²) in [7, 11) is 0. The minimum absolute atomic E-state index is 0.250. The Labute approximate surface area is 138 Å². The zero-order valence-electron chi connectivity index (χ0n) is 14.1. The molecule has 126 valence electrons. The molecule has 1 aromatic rings. The molecule has 0 amide bonds. The molecule has 1 saturated carbocycles. The molecular weight excluding hydrogens is 290 g/mol. The number of nitro groups is 1. The number of nitro benzene ring substituents is 1. The van der Waals surface area contributed by atoms with Gasteiger partial charge in [0, 0.05) is 12.5 Å². The van der Waals surface area contributed by atoms with E-state index >= 15 is 0 Å². The standard InChI is InChI=1S/C18H27N3O2/c1-15-5-4-7-17(13-15)20-11-9-19(10-12-20)14-16-6-2-3-8-18(16)21(22)23/h2-3,6,8,15,17H,4-5,7,9-14H2,1H3/p+2/t15-,17-/m0/s1. The monoisotopic (exact) mass is 319 g/mol. The molecule has 3 rings (SSSR count). The van der Waals surface area contributed by atoms with Gasteiger partial charge in [0.1, 0.15) is 32.7 Å². The van der Waals surface area contributed by atoms with Crippen molar-refractivity contribution in [2.24, 2.45) is 5.92 Å². The average Bonchev–Trinajstić information content (AvgIpc) is 2.56. The first-order valence-corrected chi connectivity index (χ1v) is 9.04. The van der Waals surface area contributed by atoms with E-state index in [1.54, 1.807) is 17.0 Å². The van der Waals surface area contributed by atoms with Gasteiger partial charge >= 0.3 is 0 Å². The first-order valence-electron chi connectivity index (χ1n) is 9.04. The SMILES string of the molecule is C[C@H]1CCC[C@H]([NH+]2CC[NH+](Cc3ccccc3[N+](=O)[O-])CC2)C1. The number of piperazine rings is 1. The van der Waals surface area contributed by atoms with Crippen molar-refractivity contribution in [1.82, 2.24) is 0 Å². The van der Waals surface area contributed by atoms with Crippen molar-refractivity contribution < 1.29 is 14.7 Å². The van der Waals surface area contributed by atoms with Crippen LogP contribution < -0.4 is 9.80 Å². The predicted molar refractivity (Wildman–Crippen MR) is 89.6 cm³/mol. The minimum atomic E-state index is -0.250. The van der Waals surface area contributed by atoms with Crippen LogP contribution in [-0.4, -0.2) is 37.1 Å². The predicted octanol–water partition coefficient (Wildman–Crippen LogP) is 0.457. The van der Waals surface area contributed by atoms with Gasteiger partial charge in [0.25, 0.3) is 5.69 Å². The number of para-hydroxylation sites is 1. The molecule has 0 aromatic heterocycles. The van der Waals surface area contributed by atoms with E-state index in [9.17, 15) is 10.1 Å². The fourth-order valence-corrected chi connectivity index (χ4v) is 4.42. The number of benzene rings is 1. The van der Waals surface area contributed by atoms with E-state index in [1.807, 2.05) is 12.1 Å². The molecule has 1 aliphatic carbocycles. The van der Waals surface area contributed by atoms with Crippen LogP contribution in [0.4, 0.5) is 5.69 Å². The molecule has 2 aliphatic rings. The van der Waals surface area contributed by atoms with Crippen molar-refractivity contribution in [1.29, 1.82) is 0 Å². The summed E-state index contributed by atoms with van der Waals surface area (Å²) in [4.78, 5) is 14.2. The molecule has 1 aliphatic heterocycles. The van der Waals surface area contributed by atoms with Crippen LogP contribution in [0.3, 0.4) is 0 Å². The Bertz CT molecular complexity index is 541. The maximum Gasteiger partial charge on any atom is 0.278 e. The average molecular weight is 319 g/mol. The van der Waals surface area contributed by atoms with E-state index < -0.39 is 0 Å². The van der Waals surface area contributed by atoms with E-state index in [0.29, 0.717) is 0 Å². The third-order valence-corrected chi connectivity index (χ3v) is 5.74. The van der Waals surface area contributed by atoms with Gasteiger partial charge in [-0.1, -0.05) is 25.5 Å². The van der Waals surface area contributed by atoms with Gasteiger partial charge in [-0.2, -0.15) is 0 Å². The van der Waals surface area contributed by atoms with Gasteiger partial charge in [0.2, 0.25) is 0 Å². The summed E-state index contributed by atoms with van der Waals surface area (Å²) in [6.07, 6.45) is 5.56. The normalized spacial score (nSPS) is 31.7. The van der Waals surface area contributed by atoms with Crippen molar-refractivity contribution in [2.75, 3.05) is 26.2 Å². The molecule has 2 N–H and O–H groups in total. The zero-order valence-corrected chi connectivity index (χ0v) is 14.1. The number of hydrogen-bond donors (Lipinski definition) is 2. The fraction of sp³-hybridized carbons (Fsp3) is 0.667. The fourth-order valence-electron chi connectivity index (χ4n) is 4.42. The van der Waals surface area contributed by atoms with Crippen LogP contribution in [0.2, 0.25) is 0 Å². The number of nitrogens with one attached hydrogen (secondary N) is 2. The maximum absolute atomic E-state index is 11.1. The van der Waals surface area contributed by atoms with Gasteiger partial charge in [0.15, 0.2) is 0 Å². The molecule has 2 fully saturated rings. The molecule has 0 bridgehead atoms. The second-order valence-corrected chi connectivity index (χ2v) is 7.44. The molecular formula is C18H29N3O2+2. The number of nitrogens with zero attached hydrogens (tertiary/aromatic N) is 1. The lowest BCUT2D eigenvalue weighted by Crippen LogP contribution is -3.29. The molecule has 23 heavy (non-hydrogen) atoms. The quantitative estimate of drug-likeness (QED) is 0.626. The lowest BCUT2D eigenvalue weighted by atomic mass is 9.86. The Balaban J connectivity index is 1.54. The van der Waals surface area contributed by atoms with E-state index in [-0.39, 0.29) is 10.6 Å². The van der Waals surface area contributed by atoms with Gasteiger partial charge in [-0.15, -0.1) is 0 Å². The summed E-state index contributed by atoms with van der Waals surface area (Å²) in [6, 6.07) is 8.05. The molecule has 0 spiro atoms. The van der Waals surface area contributed by atoms with Gasteiger partial charge in [-0.05, 0) is 24.8 Å². The molecule has 0 radical (unpaired) electrons. The minimum Gasteiger partial charge on any atom is -0.323 e. The lowest BCUT2D eigenvalue weighted by molar-refractivity contribution is -1.03. The van der Waals surface area contributed by atoms with Crippen LogP contribution in [0.15, 0.2) is 24.3 Å². The zero-order chi connectivity index (χ0) is 16.2. The van der Waals surface area contributed by atoms with Crippen molar-refractivity contribution >= 4 is 5.69 Å². The Morgan fingerprint density at radius 1 is 1.17 bits per heavy atom. The summed E-state index contributed by atoms with van der Waals surface area (Å²) < 4.78 is 0.